The van der Waals surface area contributed by atoms with E-state index in [-0.39, 0.29) is 0 Å². The zero-order chi connectivity index (χ0) is 13.6. The number of ether oxygens (including phenoxy) is 3. The molecule has 1 saturated heterocycles. The molecule has 1 rings (SSSR count). The normalized spacial score (nSPS) is 17.8. The van der Waals surface area contributed by atoms with Crippen molar-refractivity contribution in [2.45, 2.75) is 65.4 Å². The Morgan fingerprint density at radius 3 is 2.00 bits per heavy atom. The highest BCUT2D eigenvalue weighted by Crippen LogP contribution is 2.09. The number of unbranched alkanes of at least 4 members (excludes halogenated alkanes) is 2. The summed E-state index contributed by atoms with van der Waals surface area (Å²) < 4.78 is 14.7. The van der Waals surface area contributed by atoms with Crippen LogP contribution in [0.3, 0.4) is 0 Å². The Hall–Kier alpha value is -0.770. The van der Waals surface area contributed by atoms with Crippen LogP contribution in [0.4, 0.5) is 4.79 Å². The molecule has 0 spiro atoms. The first-order valence-corrected chi connectivity index (χ1v) is 7.11. The number of carbonyl (C=O) groups excluding carboxylic acids is 1. The Balaban J connectivity index is 0.000000397. The SMILES string of the molecule is CC1CCCO1.CCCCOC(=O)OCCCC. The first-order chi connectivity index (χ1) is 8.70. The van der Waals surface area contributed by atoms with E-state index >= 15 is 0 Å². The highest BCUT2D eigenvalue weighted by Gasteiger charge is 2.07. The second kappa shape index (κ2) is 12.7. The zero-order valence-electron chi connectivity index (χ0n) is 12.1. The molecule has 4 heteroatoms. The van der Waals surface area contributed by atoms with Gasteiger partial charge in [-0.1, -0.05) is 26.7 Å². The lowest BCUT2D eigenvalue weighted by Gasteiger charge is -2.04. The smallest absolute Gasteiger partial charge is 0.434 e. The van der Waals surface area contributed by atoms with Crippen LogP contribution in [0.5, 0.6) is 0 Å². The lowest BCUT2D eigenvalue weighted by Crippen LogP contribution is -2.09. The van der Waals surface area contributed by atoms with E-state index in [1.165, 1.54) is 12.8 Å². The number of carbonyl (C=O) groups is 1. The summed E-state index contributed by atoms with van der Waals surface area (Å²) in [5.74, 6) is 0. The van der Waals surface area contributed by atoms with Crippen LogP contribution in [0.25, 0.3) is 0 Å². The van der Waals surface area contributed by atoms with Gasteiger partial charge in [-0.3, -0.25) is 0 Å². The average molecular weight is 260 g/mol. The van der Waals surface area contributed by atoms with Crippen molar-refractivity contribution in [1.29, 1.82) is 0 Å². The first-order valence-electron chi connectivity index (χ1n) is 7.11. The fourth-order valence-corrected chi connectivity index (χ4v) is 1.38. The molecule has 1 heterocycles. The Bertz CT molecular complexity index is 176. The van der Waals surface area contributed by atoms with Crippen LogP contribution in [0, 0.1) is 0 Å². The fraction of sp³-hybridized carbons (Fsp3) is 0.929. The van der Waals surface area contributed by atoms with Gasteiger partial charge in [0.2, 0.25) is 0 Å². The average Bonchev–Trinajstić information content (AvgIpc) is 2.82. The van der Waals surface area contributed by atoms with Crippen molar-refractivity contribution in [3.05, 3.63) is 0 Å². The molecule has 0 aliphatic carbocycles. The van der Waals surface area contributed by atoms with E-state index in [9.17, 15) is 4.79 Å². The van der Waals surface area contributed by atoms with Gasteiger partial charge in [-0.2, -0.15) is 0 Å². The van der Waals surface area contributed by atoms with E-state index in [2.05, 4.69) is 6.92 Å². The number of rotatable bonds is 6. The van der Waals surface area contributed by atoms with Crippen LogP contribution in [0.1, 0.15) is 59.3 Å². The van der Waals surface area contributed by atoms with Crippen molar-refractivity contribution in [3.63, 3.8) is 0 Å². The summed E-state index contributed by atoms with van der Waals surface area (Å²) in [6, 6.07) is 0. The molecule has 1 aliphatic rings. The molecule has 1 aliphatic heterocycles. The van der Waals surface area contributed by atoms with E-state index in [0.29, 0.717) is 19.3 Å². The molecule has 0 bridgehead atoms. The van der Waals surface area contributed by atoms with Crippen molar-refractivity contribution >= 4 is 6.16 Å². The van der Waals surface area contributed by atoms with Gasteiger partial charge in [-0.25, -0.2) is 4.79 Å². The van der Waals surface area contributed by atoms with Gasteiger partial charge in [-0.05, 0) is 32.6 Å². The van der Waals surface area contributed by atoms with Gasteiger partial charge >= 0.3 is 6.16 Å². The van der Waals surface area contributed by atoms with Crippen LogP contribution in [-0.4, -0.2) is 32.1 Å². The first kappa shape index (κ1) is 17.2. The molecule has 18 heavy (non-hydrogen) atoms. The van der Waals surface area contributed by atoms with Crippen LogP contribution in [-0.2, 0) is 14.2 Å². The van der Waals surface area contributed by atoms with E-state index in [1.54, 1.807) is 0 Å². The van der Waals surface area contributed by atoms with E-state index in [4.69, 9.17) is 14.2 Å². The molecule has 0 aromatic heterocycles. The van der Waals surface area contributed by atoms with Crippen LogP contribution >= 0.6 is 0 Å². The van der Waals surface area contributed by atoms with Crippen LogP contribution in [0.2, 0.25) is 0 Å². The van der Waals surface area contributed by atoms with E-state index in [0.717, 1.165) is 32.3 Å². The molecule has 0 aromatic rings. The summed E-state index contributed by atoms with van der Waals surface area (Å²) in [4.78, 5) is 10.7. The van der Waals surface area contributed by atoms with Crippen LogP contribution < -0.4 is 0 Å². The largest absolute Gasteiger partial charge is 0.508 e. The van der Waals surface area contributed by atoms with Crippen LogP contribution in [0.15, 0.2) is 0 Å². The lowest BCUT2D eigenvalue weighted by molar-refractivity contribution is 0.0536. The van der Waals surface area contributed by atoms with Crippen molar-refractivity contribution in [1.82, 2.24) is 0 Å². The third kappa shape index (κ3) is 11.7. The molecular formula is C14H28O4. The summed E-state index contributed by atoms with van der Waals surface area (Å²) in [5.41, 5.74) is 0. The molecule has 1 unspecified atom stereocenters. The minimum Gasteiger partial charge on any atom is -0.434 e. The van der Waals surface area contributed by atoms with E-state index < -0.39 is 6.16 Å². The summed E-state index contributed by atoms with van der Waals surface area (Å²) >= 11 is 0. The maximum atomic E-state index is 10.7. The van der Waals surface area contributed by atoms with Crippen molar-refractivity contribution < 1.29 is 19.0 Å². The molecule has 0 radical (unpaired) electrons. The highest BCUT2D eigenvalue weighted by atomic mass is 16.7. The van der Waals surface area contributed by atoms with Gasteiger partial charge in [0.25, 0.3) is 0 Å². The van der Waals surface area contributed by atoms with Gasteiger partial charge in [0.1, 0.15) is 0 Å². The minimum atomic E-state index is -0.531. The monoisotopic (exact) mass is 260 g/mol. The molecule has 0 N–H and O–H groups in total. The van der Waals surface area contributed by atoms with Crippen molar-refractivity contribution in [2.24, 2.45) is 0 Å². The standard InChI is InChI=1S/C9H18O3.C5H10O/c1-3-5-7-11-9(10)12-8-6-4-2;1-5-3-2-4-6-5/h3-8H2,1-2H3;5H,2-4H2,1H3. The molecule has 1 atom stereocenters. The Labute approximate surface area is 111 Å². The van der Waals surface area contributed by atoms with Gasteiger partial charge in [0.15, 0.2) is 0 Å². The second-order valence-electron chi connectivity index (χ2n) is 4.48. The number of hydrogen-bond acceptors (Lipinski definition) is 4. The van der Waals surface area contributed by atoms with Gasteiger partial charge in [-0.15, -0.1) is 0 Å². The molecule has 0 amide bonds. The molecule has 0 aromatic carbocycles. The lowest BCUT2D eigenvalue weighted by atomic mass is 10.3. The number of hydrogen-bond donors (Lipinski definition) is 0. The quantitative estimate of drug-likeness (QED) is 0.536. The van der Waals surface area contributed by atoms with Crippen molar-refractivity contribution in [3.8, 4) is 0 Å². The Morgan fingerprint density at radius 2 is 1.72 bits per heavy atom. The maximum absolute atomic E-state index is 10.7. The summed E-state index contributed by atoms with van der Waals surface area (Å²) in [6.07, 6.45) is 6.42. The summed E-state index contributed by atoms with van der Waals surface area (Å²) in [7, 11) is 0. The third-order valence-electron chi connectivity index (χ3n) is 2.59. The minimum absolute atomic E-state index is 0.474. The topological polar surface area (TPSA) is 44.8 Å². The molecular weight excluding hydrogens is 232 g/mol. The maximum Gasteiger partial charge on any atom is 0.508 e. The molecule has 4 nitrogen and oxygen atoms in total. The zero-order valence-corrected chi connectivity index (χ0v) is 12.1. The molecule has 108 valence electrons. The van der Waals surface area contributed by atoms with E-state index in [1.807, 2.05) is 13.8 Å². The van der Waals surface area contributed by atoms with Crippen molar-refractivity contribution in [2.75, 3.05) is 19.8 Å². The predicted molar refractivity (Wildman–Crippen MR) is 71.8 cm³/mol. The van der Waals surface area contributed by atoms with Gasteiger partial charge in [0.05, 0.1) is 19.3 Å². The second-order valence-corrected chi connectivity index (χ2v) is 4.48. The molecule has 0 saturated carbocycles. The predicted octanol–water partition coefficient (Wildman–Crippen LogP) is 3.93. The Kier molecular flexibility index (Phi) is 12.1. The Morgan fingerprint density at radius 1 is 1.17 bits per heavy atom. The summed E-state index contributed by atoms with van der Waals surface area (Å²) in [5, 5.41) is 0. The fourth-order valence-electron chi connectivity index (χ4n) is 1.38. The molecule has 1 fully saturated rings. The van der Waals surface area contributed by atoms with Gasteiger partial charge in [0, 0.05) is 6.61 Å². The third-order valence-corrected chi connectivity index (χ3v) is 2.59. The highest BCUT2D eigenvalue weighted by molar-refractivity contribution is 5.59. The van der Waals surface area contributed by atoms with Gasteiger partial charge < -0.3 is 14.2 Å². The summed E-state index contributed by atoms with van der Waals surface area (Å²) in [6.45, 7) is 8.15.